The summed E-state index contributed by atoms with van der Waals surface area (Å²) in [6.07, 6.45) is 7.97. The first-order chi connectivity index (χ1) is 10.3. The Bertz CT molecular complexity index is 658. The fourth-order valence-electron chi connectivity index (χ4n) is 4.25. The molecule has 21 heavy (non-hydrogen) atoms. The van der Waals surface area contributed by atoms with E-state index in [-0.39, 0.29) is 0 Å². The van der Waals surface area contributed by atoms with Crippen molar-refractivity contribution in [2.24, 2.45) is 11.8 Å². The molecular weight excluding hydrogens is 256 g/mol. The van der Waals surface area contributed by atoms with E-state index in [9.17, 15) is 0 Å². The minimum absolute atomic E-state index is 0.700. The summed E-state index contributed by atoms with van der Waals surface area (Å²) in [5.41, 5.74) is 2.57. The number of benzene rings is 1. The summed E-state index contributed by atoms with van der Waals surface area (Å²) in [7, 11) is 0. The fraction of sp³-hybridized carbons (Fsp3) is 0.421. The average Bonchev–Trinajstić information content (AvgIpc) is 2.56. The van der Waals surface area contributed by atoms with Crippen molar-refractivity contribution in [3.63, 3.8) is 0 Å². The maximum atomic E-state index is 4.48. The first-order valence-corrected chi connectivity index (χ1v) is 8.04. The summed E-state index contributed by atoms with van der Waals surface area (Å²) < 4.78 is 0. The van der Waals surface area contributed by atoms with Gasteiger partial charge in [0.25, 0.3) is 0 Å². The maximum Gasteiger partial charge on any atom is 0.0704 e. The number of aromatic nitrogens is 1. The second kappa shape index (κ2) is 5.27. The van der Waals surface area contributed by atoms with E-state index < -0.39 is 0 Å². The van der Waals surface area contributed by atoms with Crippen LogP contribution in [0.1, 0.15) is 18.4 Å². The number of nitrogens with zero attached hydrogens (tertiary/aromatic N) is 2. The fourth-order valence-corrected chi connectivity index (χ4v) is 4.25. The number of rotatable bonds is 3. The Balaban J connectivity index is 1.60. The zero-order chi connectivity index (χ0) is 14.2. The molecule has 2 aromatic rings. The van der Waals surface area contributed by atoms with Crippen molar-refractivity contribution in [2.45, 2.75) is 25.3 Å². The van der Waals surface area contributed by atoms with E-state index in [2.05, 4.69) is 52.9 Å². The van der Waals surface area contributed by atoms with Crippen molar-refractivity contribution < 1.29 is 0 Å². The first kappa shape index (κ1) is 13.0. The zero-order valence-electron chi connectivity index (χ0n) is 12.4. The molecule has 4 heterocycles. The van der Waals surface area contributed by atoms with E-state index in [1.165, 1.54) is 36.9 Å². The smallest absolute Gasteiger partial charge is 0.0704 e. The van der Waals surface area contributed by atoms with Gasteiger partial charge in [0.15, 0.2) is 0 Å². The van der Waals surface area contributed by atoms with Crippen LogP contribution in [0.5, 0.6) is 0 Å². The summed E-state index contributed by atoms with van der Waals surface area (Å²) in [5.74, 6) is 1.56. The quantitative estimate of drug-likeness (QED) is 0.796. The third-order valence-electron chi connectivity index (χ3n) is 5.43. The average molecular weight is 278 g/mol. The van der Waals surface area contributed by atoms with Crippen LogP contribution in [-0.2, 0) is 6.42 Å². The number of hydrogen-bond acceptors (Lipinski definition) is 2. The molecule has 3 aliphatic heterocycles. The Labute approximate surface area is 126 Å². The van der Waals surface area contributed by atoms with Gasteiger partial charge in [0.2, 0.25) is 0 Å². The lowest BCUT2D eigenvalue weighted by Gasteiger charge is -2.49. The molecule has 0 radical (unpaired) electrons. The van der Waals surface area contributed by atoms with Gasteiger partial charge in [-0.2, -0.15) is 0 Å². The molecule has 1 aromatic carbocycles. The molecule has 0 saturated carbocycles. The van der Waals surface area contributed by atoms with Crippen molar-refractivity contribution in [1.29, 1.82) is 0 Å². The van der Waals surface area contributed by atoms with Gasteiger partial charge < -0.3 is 0 Å². The Morgan fingerprint density at radius 3 is 3.00 bits per heavy atom. The molecular formula is C19H22N2. The number of fused-ring (bicyclic) bond motifs is 4. The van der Waals surface area contributed by atoms with E-state index in [0.717, 1.165) is 17.9 Å². The predicted octanol–water partition coefficient (Wildman–Crippen LogP) is 3.67. The van der Waals surface area contributed by atoms with Gasteiger partial charge in [0.1, 0.15) is 0 Å². The Morgan fingerprint density at radius 2 is 2.19 bits per heavy atom. The summed E-state index contributed by atoms with van der Waals surface area (Å²) in [6, 6.07) is 11.4. The molecule has 0 N–H and O–H groups in total. The Hall–Kier alpha value is -1.67. The molecule has 1 aromatic heterocycles. The maximum absolute atomic E-state index is 4.48. The summed E-state index contributed by atoms with van der Waals surface area (Å²) >= 11 is 0. The lowest BCUT2D eigenvalue weighted by atomic mass is 9.74. The van der Waals surface area contributed by atoms with Crippen LogP contribution in [0.4, 0.5) is 0 Å². The van der Waals surface area contributed by atoms with Crippen molar-refractivity contribution in [3.8, 4) is 0 Å². The van der Waals surface area contributed by atoms with E-state index in [0.29, 0.717) is 12.0 Å². The Morgan fingerprint density at radius 1 is 1.29 bits per heavy atom. The molecule has 3 saturated heterocycles. The molecule has 2 bridgehead atoms. The van der Waals surface area contributed by atoms with Crippen LogP contribution in [0.15, 0.2) is 49.2 Å². The molecule has 3 fully saturated rings. The summed E-state index contributed by atoms with van der Waals surface area (Å²) in [6.45, 7) is 6.49. The van der Waals surface area contributed by atoms with Crippen molar-refractivity contribution in [2.75, 3.05) is 13.1 Å². The molecule has 2 heteroatoms. The molecule has 5 rings (SSSR count). The zero-order valence-corrected chi connectivity index (χ0v) is 12.4. The van der Waals surface area contributed by atoms with Gasteiger partial charge >= 0.3 is 0 Å². The predicted molar refractivity (Wildman–Crippen MR) is 87.2 cm³/mol. The standard InChI is InChI=1S/C19H22N2/c1-2-14-13-21-10-8-15(14)11-17(21)12-16-7-9-20-19-6-4-3-5-18(16)19/h2-7,9,14-15,17H,1,8,10-13H2/t14-,15+,17-/m1/s1. The molecule has 1 unspecified atom stereocenters. The molecule has 0 aliphatic carbocycles. The highest BCUT2D eigenvalue weighted by atomic mass is 15.2. The van der Waals surface area contributed by atoms with E-state index in [4.69, 9.17) is 0 Å². The minimum Gasteiger partial charge on any atom is -0.299 e. The van der Waals surface area contributed by atoms with Crippen LogP contribution < -0.4 is 0 Å². The SMILES string of the molecule is C=C[C@@H]1CN2CC[C@H]1C[C@@H]2Cc1ccnc2ccccc12. The van der Waals surface area contributed by atoms with Crippen LogP contribution in [-0.4, -0.2) is 29.0 Å². The second-order valence-corrected chi connectivity index (χ2v) is 6.52. The lowest BCUT2D eigenvalue weighted by Crippen LogP contribution is -2.53. The van der Waals surface area contributed by atoms with Crippen molar-refractivity contribution in [1.82, 2.24) is 9.88 Å². The van der Waals surface area contributed by atoms with Gasteiger partial charge in [-0.05, 0) is 55.3 Å². The first-order valence-electron chi connectivity index (χ1n) is 8.04. The largest absolute Gasteiger partial charge is 0.299 e. The Kier molecular flexibility index (Phi) is 3.27. The number of hydrogen-bond donors (Lipinski definition) is 0. The van der Waals surface area contributed by atoms with Gasteiger partial charge in [0.05, 0.1) is 5.52 Å². The normalized spacial score (nSPS) is 31.4. The van der Waals surface area contributed by atoms with Crippen molar-refractivity contribution in [3.05, 3.63) is 54.7 Å². The second-order valence-electron chi connectivity index (χ2n) is 6.52. The van der Waals surface area contributed by atoms with Gasteiger partial charge in [-0.3, -0.25) is 9.88 Å². The highest BCUT2D eigenvalue weighted by Crippen LogP contribution is 2.38. The van der Waals surface area contributed by atoms with Gasteiger partial charge in [-0.1, -0.05) is 24.3 Å². The van der Waals surface area contributed by atoms with Gasteiger partial charge in [-0.25, -0.2) is 0 Å². The van der Waals surface area contributed by atoms with Crippen molar-refractivity contribution >= 4 is 10.9 Å². The van der Waals surface area contributed by atoms with Crippen LogP contribution in [0.3, 0.4) is 0 Å². The molecule has 4 atom stereocenters. The number of para-hydroxylation sites is 1. The minimum atomic E-state index is 0.700. The van der Waals surface area contributed by atoms with Crippen LogP contribution in [0, 0.1) is 11.8 Å². The van der Waals surface area contributed by atoms with Crippen LogP contribution in [0.25, 0.3) is 10.9 Å². The van der Waals surface area contributed by atoms with Gasteiger partial charge in [-0.15, -0.1) is 6.58 Å². The monoisotopic (exact) mass is 278 g/mol. The molecule has 0 amide bonds. The molecule has 108 valence electrons. The summed E-state index contributed by atoms with van der Waals surface area (Å²) in [4.78, 5) is 7.16. The summed E-state index contributed by atoms with van der Waals surface area (Å²) in [5, 5.41) is 1.32. The van der Waals surface area contributed by atoms with Crippen LogP contribution in [0.2, 0.25) is 0 Å². The van der Waals surface area contributed by atoms with E-state index in [1.807, 2.05) is 6.20 Å². The van der Waals surface area contributed by atoms with Crippen LogP contribution >= 0.6 is 0 Å². The lowest BCUT2D eigenvalue weighted by molar-refractivity contribution is 0.0196. The molecule has 3 aliphatic rings. The third-order valence-corrected chi connectivity index (χ3v) is 5.43. The number of piperidine rings is 3. The highest BCUT2D eigenvalue weighted by Gasteiger charge is 2.38. The van der Waals surface area contributed by atoms with E-state index >= 15 is 0 Å². The molecule has 2 nitrogen and oxygen atoms in total. The van der Waals surface area contributed by atoms with Gasteiger partial charge in [0, 0.05) is 24.2 Å². The number of pyridine rings is 1. The highest BCUT2D eigenvalue weighted by molar-refractivity contribution is 5.81. The topological polar surface area (TPSA) is 16.1 Å². The van der Waals surface area contributed by atoms with E-state index in [1.54, 1.807) is 0 Å². The third kappa shape index (κ3) is 2.28. The molecule has 0 spiro atoms.